The van der Waals surface area contributed by atoms with Crippen LogP contribution in [-0.4, -0.2) is 0 Å². The van der Waals surface area contributed by atoms with Crippen molar-refractivity contribution < 1.29 is 4.42 Å². The first-order chi connectivity index (χ1) is 11.8. The van der Waals surface area contributed by atoms with E-state index in [1.165, 1.54) is 21.5 Å². The SMILES string of the molecule is Clc1ccc2cc(-c3cc4ccccc4c4ccccc34)oc2c1. The zero-order valence-corrected chi connectivity index (χ0v) is 13.5. The van der Waals surface area contributed by atoms with E-state index in [0.29, 0.717) is 5.02 Å². The van der Waals surface area contributed by atoms with E-state index in [2.05, 4.69) is 60.7 Å². The molecule has 5 aromatic rings. The summed E-state index contributed by atoms with van der Waals surface area (Å²) >= 11 is 6.09. The monoisotopic (exact) mass is 328 g/mol. The highest BCUT2D eigenvalue weighted by molar-refractivity contribution is 6.31. The van der Waals surface area contributed by atoms with Gasteiger partial charge in [0.25, 0.3) is 0 Å². The number of furan rings is 1. The van der Waals surface area contributed by atoms with Gasteiger partial charge in [-0.1, -0.05) is 60.1 Å². The van der Waals surface area contributed by atoms with Gasteiger partial charge in [0.1, 0.15) is 11.3 Å². The number of halogens is 1. The number of hydrogen-bond donors (Lipinski definition) is 0. The summed E-state index contributed by atoms with van der Waals surface area (Å²) in [7, 11) is 0. The van der Waals surface area contributed by atoms with Gasteiger partial charge in [-0.05, 0) is 45.8 Å². The van der Waals surface area contributed by atoms with Gasteiger partial charge in [-0.3, -0.25) is 0 Å². The minimum Gasteiger partial charge on any atom is -0.456 e. The average Bonchev–Trinajstić information content (AvgIpc) is 3.04. The lowest BCUT2D eigenvalue weighted by atomic mass is 9.96. The van der Waals surface area contributed by atoms with Crippen molar-refractivity contribution in [2.24, 2.45) is 0 Å². The molecule has 0 aliphatic carbocycles. The second-order valence-electron chi connectivity index (χ2n) is 5.98. The summed E-state index contributed by atoms with van der Waals surface area (Å²) in [5, 5.41) is 6.66. The molecule has 0 amide bonds. The van der Waals surface area contributed by atoms with Crippen LogP contribution in [0.4, 0.5) is 0 Å². The van der Waals surface area contributed by atoms with Crippen LogP contribution in [0, 0.1) is 0 Å². The molecular formula is C22H13ClO. The van der Waals surface area contributed by atoms with Crippen LogP contribution in [0.3, 0.4) is 0 Å². The van der Waals surface area contributed by atoms with Crippen LogP contribution in [0.15, 0.2) is 83.3 Å². The summed E-state index contributed by atoms with van der Waals surface area (Å²) in [5.41, 5.74) is 1.92. The molecule has 0 fully saturated rings. The zero-order chi connectivity index (χ0) is 16.1. The van der Waals surface area contributed by atoms with Crippen LogP contribution < -0.4 is 0 Å². The van der Waals surface area contributed by atoms with E-state index in [9.17, 15) is 0 Å². The van der Waals surface area contributed by atoms with Crippen molar-refractivity contribution in [1.82, 2.24) is 0 Å². The van der Waals surface area contributed by atoms with Crippen molar-refractivity contribution in [1.29, 1.82) is 0 Å². The van der Waals surface area contributed by atoms with Gasteiger partial charge in [-0.25, -0.2) is 0 Å². The molecule has 5 rings (SSSR count). The summed E-state index contributed by atoms with van der Waals surface area (Å²) < 4.78 is 6.11. The number of hydrogen-bond acceptors (Lipinski definition) is 1. The lowest BCUT2D eigenvalue weighted by molar-refractivity contribution is 0.632. The molecule has 0 atom stereocenters. The number of fused-ring (bicyclic) bond motifs is 4. The van der Waals surface area contributed by atoms with Crippen molar-refractivity contribution in [3.05, 3.63) is 83.9 Å². The van der Waals surface area contributed by atoms with E-state index in [1.54, 1.807) is 0 Å². The van der Waals surface area contributed by atoms with Gasteiger partial charge in [-0.2, -0.15) is 0 Å². The molecule has 0 aliphatic rings. The van der Waals surface area contributed by atoms with Crippen molar-refractivity contribution in [3.8, 4) is 11.3 Å². The highest BCUT2D eigenvalue weighted by atomic mass is 35.5. The van der Waals surface area contributed by atoms with Crippen LogP contribution in [-0.2, 0) is 0 Å². The van der Waals surface area contributed by atoms with E-state index in [4.69, 9.17) is 16.0 Å². The molecule has 24 heavy (non-hydrogen) atoms. The fourth-order valence-electron chi connectivity index (χ4n) is 3.40. The molecule has 0 spiro atoms. The largest absolute Gasteiger partial charge is 0.456 e. The maximum absolute atomic E-state index is 6.11. The third kappa shape index (κ3) is 2.02. The predicted molar refractivity (Wildman–Crippen MR) is 102 cm³/mol. The van der Waals surface area contributed by atoms with E-state index in [1.807, 2.05) is 18.2 Å². The fourth-order valence-corrected chi connectivity index (χ4v) is 3.56. The second kappa shape index (κ2) is 5.12. The number of benzene rings is 4. The van der Waals surface area contributed by atoms with Crippen LogP contribution >= 0.6 is 11.6 Å². The van der Waals surface area contributed by atoms with Gasteiger partial charge in [0, 0.05) is 22.0 Å². The van der Waals surface area contributed by atoms with Crippen molar-refractivity contribution in [3.63, 3.8) is 0 Å². The van der Waals surface area contributed by atoms with Gasteiger partial charge in [0.2, 0.25) is 0 Å². The Kier molecular flexibility index (Phi) is 2.91. The Morgan fingerprint density at radius 3 is 2.25 bits per heavy atom. The lowest BCUT2D eigenvalue weighted by Crippen LogP contribution is -1.82. The van der Waals surface area contributed by atoms with Crippen molar-refractivity contribution in [2.75, 3.05) is 0 Å². The summed E-state index contributed by atoms with van der Waals surface area (Å²) in [6.07, 6.45) is 0. The van der Waals surface area contributed by atoms with Gasteiger partial charge in [0.05, 0.1) is 0 Å². The minimum absolute atomic E-state index is 0.687. The molecule has 0 unspecified atom stereocenters. The topological polar surface area (TPSA) is 13.1 Å². The molecular weight excluding hydrogens is 316 g/mol. The molecule has 0 saturated heterocycles. The first-order valence-electron chi connectivity index (χ1n) is 7.89. The minimum atomic E-state index is 0.687. The summed E-state index contributed by atoms with van der Waals surface area (Å²) in [6.45, 7) is 0. The third-order valence-electron chi connectivity index (χ3n) is 4.52. The Labute approximate surface area is 144 Å². The molecule has 0 saturated carbocycles. The smallest absolute Gasteiger partial charge is 0.136 e. The van der Waals surface area contributed by atoms with Gasteiger partial charge in [-0.15, -0.1) is 0 Å². The summed E-state index contributed by atoms with van der Waals surface area (Å²) in [5.74, 6) is 0.870. The fraction of sp³-hybridized carbons (Fsp3) is 0. The van der Waals surface area contributed by atoms with Gasteiger partial charge in [0.15, 0.2) is 0 Å². The highest BCUT2D eigenvalue weighted by Gasteiger charge is 2.12. The predicted octanol–water partition coefficient (Wildman–Crippen LogP) is 7.06. The summed E-state index contributed by atoms with van der Waals surface area (Å²) in [6, 6.07) is 27.0. The molecule has 0 N–H and O–H groups in total. The first-order valence-corrected chi connectivity index (χ1v) is 8.27. The van der Waals surface area contributed by atoms with Gasteiger partial charge < -0.3 is 4.42 Å². The first kappa shape index (κ1) is 13.6. The molecule has 0 aliphatic heterocycles. The molecule has 4 aromatic carbocycles. The van der Waals surface area contributed by atoms with Crippen LogP contribution in [0.5, 0.6) is 0 Å². The Bertz CT molecular complexity index is 1220. The van der Waals surface area contributed by atoms with Gasteiger partial charge >= 0.3 is 0 Å². The van der Waals surface area contributed by atoms with Crippen LogP contribution in [0.25, 0.3) is 43.8 Å². The maximum Gasteiger partial charge on any atom is 0.136 e. The zero-order valence-electron chi connectivity index (χ0n) is 12.8. The Hall–Kier alpha value is -2.77. The molecule has 0 bridgehead atoms. The van der Waals surface area contributed by atoms with Crippen molar-refractivity contribution in [2.45, 2.75) is 0 Å². The Morgan fingerprint density at radius 2 is 1.38 bits per heavy atom. The average molecular weight is 329 g/mol. The highest BCUT2D eigenvalue weighted by Crippen LogP contribution is 2.37. The Balaban J connectivity index is 1.89. The van der Waals surface area contributed by atoms with Crippen LogP contribution in [0.2, 0.25) is 5.02 Å². The van der Waals surface area contributed by atoms with Crippen molar-refractivity contribution >= 4 is 44.1 Å². The van der Waals surface area contributed by atoms with E-state index in [-0.39, 0.29) is 0 Å². The maximum atomic E-state index is 6.11. The molecule has 2 heteroatoms. The van der Waals surface area contributed by atoms with E-state index in [0.717, 1.165) is 22.3 Å². The number of rotatable bonds is 1. The third-order valence-corrected chi connectivity index (χ3v) is 4.75. The van der Waals surface area contributed by atoms with Crippen LogP contribution in [0.1, 0.15) is 0 Å². The molecule has 1 aromatic heterocycles. The lowest BCUT2D eigenvalue weighted by Gasteiger charge is -2.08. The molecule has 114 valence electrons. The standard InChI is InChI=1S/C22H13ClO/c23-16-10-9-15-12-22(24-21(15)13-16)20-11-14-5-1-2-6-17(14)18-7-3-4-8-19(18)20/h1-13H. The second-order valence-corrected chi connectivity index (χ2v) is 6.42. The molecule has 1 nitrogen and oxygen atoms in total. The Morgan fingerprint density at radius 1 is 0.625 bits per heavy atom. The molecule has 0 radical (unpaired) electrons. The quantitative estimate of drug-likeness (QED) is 0.300. The summed E-state index contributed by atoms with van der Waals surface area (Å²) in [4.78, 5) is 0. The molecule has 1 heterocycles. The van der Waals surface area contributed by atoms with E-state index < -0.39 is 0 Å². The normalized spacial score (nSPS) is 11.5. The van der Waals surface area contributed by atoms with E-state index >= 15 is 0 Å².